The summed E-state index contributed by atoms with van der Waals surface area (Å²) in [7, 11) is 1.69. The second-order valence-electron chi connectivity index (χ2n) is 4.57. The lowest BCUT2D eigenvalue weighted by Crippen LogP contribution is -2.29. The first-order chi connectivity index (χ1) is 9.72. The predicted octanol–water partition coefficient (Wildman–Crippen LogP) is 2.01. The summed E-state index contributed by atoms with van der Waals surface area (Å²) >= 11 is 5.81. The molecule has 0 atom stereocenters. The fraction of sp³-hybridized carbons (Fsp3) is 0.533. The molecule has 1 amide bonds. The Morgan fingerprint density at radius 1 is 1.20 bits per heavy atom. The lowest BCUT2D eigenvalue weighted by molar-refractivity contribution is -0.120. The van der Waals surface area contributed by atoms with Crippen LogP contribution in [0.3, 0.4) is 0 Å². The highest BCUT2D eigenvalue weighted by Crippen LogP contribution is 2.09. The number of hydrogen-bond donors (Lipinski definition) is 2. The number of carbonyl (C=O) groups is 1. The highest BCUT2D eigenvalue weighted by atomic mass is 35.5. The Morgan fingerprint density at radius 2 is 1.95 bits per heavy atom. The Hall–Kier alpha value is -1.10. The first-order valence-corrected chi connectivity index (χ1v) is 7.31. The lowest BCUT2D eigenvalue weighted by atomic mass is 10.1. The first-order valence-electron chi connectivity index (χ1n) is 6.93. The van der Waals surface area contributed by atoms with Gasteiger partial charge in [0.2, 0.25) is 5.91 Å². The van der Waals surface area contributed by atoms with Gasteiger partial charge in [-0.05, 0) is 37.1 Å². The summed E-state index contributed by atoms with van der Waals surface area (Å²) in [5.41, 5.74) is 1.17. The third-order valence-corrected chi connectivity index (χ3v) is 3.13. The van der Waals surface area contributed by atoms with E-state index in [9.17, 15) is 4.79 Å². The van der Waals surface area contributed by atoms with Crippen molar-refractivity contribution < 1.29 is 9.53 Å². The Kier molecular flexibility index (Phi) is 9.04. The summed E-state index contributed by atoms with van der Waals surface area (Å²) in [6, 6.07) is 7.68. The lowest BCUT2D eigenvalue weighted by Gasteiger charge is -2.06. The molecule has 1 aromatic rings. The third-order valence-electron chi connectivity index (χ3n) is 2.88. The van der Waals surface area contributed by atoms with Gasteiger partial charge in [0.05, 0.1) is 0 Å². The Labute approximate surface area is 125 Å². The van der Waals surface area contributed by atoms with Crippen LogP contribution in [-0.4, -0.2) is 39.3 Å². The molecule has 0 aromatic heterocycles. The zero-order valence-corrected chi connectivity index (χ0v) is 12.7. The van der Waals surface area contributed by atoms with Gasteiger partial charge in [0.1, 0.15) is 0 Å². The molecular formula is C15H23ClN2O2. The molecular weight excluding hydrogens is 276 g/mol. The van der Waals surface area contributed by atoms with E-state index in [0.29, 0.717) is 19.5 Å². The maximum atomic E-state index is 11.6. The molecule has 0 unspecified atom stereocenters. The van der Waals surface area contributed by atoms with Crippen LogP contribution in [0.25, 0.3) is 0 Å². The second kappa shape index (κ2) is 10.7. The quantitative estimate of drug-likeness (QED) is 0.650. The summed E-state index contributed by atoms with van der Waals surface area (Å²) in [4.78, 5) is 11.6. The van der Waals surface area contributed by atoms with Crippen LogP contribution in [0.4, 0.5) is 0 Å². The van der Waals surface area contributed by atoms with Crippen LogP contribution in [0.1, 0.15) is 18.4 Å². The molecule has 0 heterocycles. The van der Waals surface area contributed by atoms with Gasteiger partial charge in [-0.1, -0.05) is 23.7 Å². The highest BCUT2D eigenvalue weighted by Gasteiger charge is 2.00. The molecule has 0 aliphatic rings. The Balaban J connectivity index is 2.01. The molecule has 0 aliphatic carbocycles. The number of halogens is 1. The highest BCUT2D eigenvalue weighted by molar-refractivity contribution is 6.30. The molecule has 4 nitrogen and oxygen atoms in total. The SMILES string of the molecule is COCCCNCCC(=O)NCCc1ccc(Cl)cc1. The van der Waals surface area contributed by atoms with E-state index in [1.807, 2.05) is 24.3 Å². The third kappa shape index (κ3) is 8.15. The van der Waals surface area contributed by atoms with Crippen molar-refractivity contribution in [2.24, 2.45) is 0 Å². The van der Waals surface area contributed by atoms with Gasteiger partial charge in [-0.2, -0.15) is 0 Å². The van der Waals surface area contributed by atoms with Crippen LogP contribution in [0.2, 0.25) is 5.02 Å². The van der Waals surface area contributed by atoms with Crippen molar-refractivity contribution in [2.45, 2.75) is 19.3 Å². The molecule has 0 saturated carbocycles. The molecule has 0 aliphatic heterocycles. The molecule has 112 valence electrons. The number of methoxy groups -OCH3 is 1. The van der Waals surface area contributed by atoms with Crippen LogP contribution in [0, 0.1) is 0 Å². The van der Waals surface area contributed by atoms with Gasteiger partial charge in [-0.15, -0.1) is 0 Å². The molecule has 5 heteroatoms. The average Bonchev–Trinajstić information content (AvgIpc) is 2.45. The summed E-state index contributed by atoms with van der Waals surface area (Å²) in [5.74, 6) is 0.0817. The average molecular weight is 299 g/mol. The molecule has 2 N–H and O–H groups in total. The number of nitrogens with one attached hydrogen (secondary N) is 2. The minimum absolute atomic E-state index is 0.0817. The molecule has 0 fully saturated rings. The van der Waals surface area contributed by atoms with Crippen LogP contribution in [-0.2, 0) is 16.0 Å². The van der Waals surface area contributed by atoms with Crippen LogP contribution < -0.4 is 10.6 Å². The van der Waals surface area contributed by atoms with Crippen molar-refractivity contribution >= 4 is 17.5 Å². The van der Waals surface area contributed by atoms with Gasteiger partial charge in [-0.3, -0.25) is 4.79 Å². The van der Waals surface area contributed by atoms with Crippen LogP contribution in [0.5, 0.6) is 0 Å². The summed E-state index contributed by atoms with van der Waals surface area (Å²) in [6.07, 6.45) is 2.30. The minimum Gasteiger partial charge on any atom is -0.385 e. The number of hydrogen-bond acceptors (Lipinski definition) is 3. The normalized spacial score (nSPS) is 10.5. The van der Waals surface area contributed by atoms with E-state index < -0.39 is 0 Å². The van der Waals surface area contributed by atoms with Crippen molar-refractivity contribution in [1.29, 1.82) is 0 Å². The number of amides is 1. The smallest absolute Gasteiger partial charge is 0.221 e. The largest absolute Gasteiger partial charge is 0.385 e. The summed E-state index contributed by atoms with van der Waals surface area (Å²) in [6.45, 7) is 2.99. The molecule has 1 aromatic carbocycles. The fourth-order valence-corrected chi connectivity index (χ4v) is 1.88. The predicted molar refractivity (Wildman–Crippen MR) is 82.1 cm³/mol. The second-order valence-corrected chi connectivity index (χ2v) is 5.01. The van der Waals surface area contributed by atoms with Crippen molar-refractivity contribution in [2.75, 3.05) is 33.4 Å². The molecule has 1 rings (SSSR count). The number of benzene rings is 1. The topological polar surface area (TPSA) is 50.4 Å². The van der Waals surface area contributed by atoms with E-state index in [4.69, 9.17) is 16.3 Å². The van der Waals surface area contributed by atoms with E-state index >= 15 is 0 Å². The summed E-state index contributed by atoms with van der Waals surface area (Å²) < 4.78 is 4.94. The van der Waals surface area contributed by atoms with Gasteiger partial charge < -0.3 is 15.4 Å². The van der Waals surface area contributed by atoms with Crippen molar-refractivity contribution in [3.63, 3.8) is 0 Å². The minimum atomic E-state index is 0.0817. The van der Waals surface area contributed by atoms with E-state index in [1.54, 1.807) is 7.11 Å². The molecule has 0 bridgehead atoms. The molecule has 20 heavy (non-hydrogen) atoms. The van der Waals surface area contributed by atoms with Crippen molar-refractivity contribution in [3.05, 3.63) is 34.9 Å². The molecule has 0 spiro atoms. The Bertz CT molecular complexity index is 382. The molecule has 0 saturated heterocycles. The van der Waals surface area contributed by atoms with Crippen LogP contribution >= 0.6 is 11.6 Å². The number of rotatable bonds is 10. The van der Waals surface area contributed by atoms with Gasteiger partial charge in [0.15, 0.2) is 0 Å². The standard InChI is InChI=1S/C15H23ClN2O2/c1-20-12-2-9-17-10-8-15(19)18-11-7-13-3-5-14(16)6-4-13/h3-6,17H,2,7-12H2,1H3,(H,18,19). The zero-order valence-electron chi connectivity index (χ0n) is 12.0. The summed E-state index contributed by atoms with van der Waals surface area (Å²) in [5, 5.41) is 6.85. The van der Waals surface area contributed by atoms with Crippen molar-refractivity contribution in [1.82, 2.24) is 10.6 Å². The van der Waals surface area contributed by atoms with Crippen LogP contribution in [0.15, 0.2) is 24.3 Å². The number of ether oxygens (including phenoxy) is 1. The van der Waals surface area contributed by atoms with Crippen molar-refractivity contribution in [3.8, 4) is 0 Å². The monoisotopic (exact) mass is 298 g/mol. The Morgan fingerprint density at radius 3 is 2.65 bits per heavy atom. The van der Waals surface area contributed by atoms with Gasteiger partial charge in [-0.25, -0.2) is 0 Å². The van der Waals surface area contributed by atoms with E-state index in [-0.39, 0.29) is 5.91 Å². The zero-order chi connectivity index (χ0) is 14.6. The van der Waals surface area contributed by atoms with Gasteiger partial charge in [0.25, 0.3) is 0 Å². The van der Waals surface area contributed by atoms with E-state index in [2.05, 4.69) is 10.6 Å². The first kappa shape index (κ1) is 17.0. The van der Waals surface area contributed by atoms with E-state index in [1.165, 1.54) is 5.56 Å². The fourth-order valence-electron chi connectivity index (χ4n) is 1.75. The van der Waals surface area contributed by atoms with Gasteiger partial charge in [0, 0.05) is 38.2 Å². The molecule has 0 radical (unpaired) electrons. The number of carbonyl (C=O) groups excluding carboxylic acids is 1. The van der Waals surface area contributed by atoms with E-state index in [0.717, 1.165) is 31.0 Å². The maximum absolute atomic E-state index is 11.6. The maximum Gasteiger partial charge on any atom is 0.221 e. The van der Waals surface area contributed by atoms with Gasteiger partial charge >= 0.3 is 0 Å².